The van der Waals surface area contributed by atoms with Crippen LogP contribution in [0.25, 0.3) is 0 Å². The summed E-state index contributed by atoms with van der Waals surface area (Å²) in [6.07, 6.45) is 0. The van der Waals surface area contributed by atoms with Crippen molar-refractivity contribution in [3.63, 3.8) is 0 Å². The quantitative estimate of drug-likeness (QED) is 0.877. The Morgan fingerprint density at radius 2 is 1.67 bits per heavy atom. The van der Waals surface area contributed by atoms with Gasteiger partial charge in [-0.3, -0.25) is 10.2 Å². The molecule has 0 aliphatic carbocycles. The Bertz CT molecular complexity index is 642. The number of nitrogens with zero attached hydrogens (tertiary/aromatic N) is 1. The third kappa shape index (κ3) is 2.85. The molecule has 0 amide bonds. The van der Waals surface area contributed by atoms with Crippen molar-refractivity contribution in [2.24, 2.45) is 0 Å². The normalized spacial score (nSPS) is 16.0. The average molecular weight is 296 g/mol. The fourth-order valence-electron chi connectivity index (χ4n) is 2.54. The number of benzene rings is 2. The number of carbonyl (C=O) groups excluding carboxylic acids is 1. The molecule has 21 heavy (non-hydrogen) atoms. The third-order valence-corrected chi connectivity index (χ3v) is 4.46. The number of nitrogens with one attached hydrogen (secondary N) is 1. The highest BCUT2D eigenvalue weighted by Gasteiger charge is 2.33. The number of hydrogen-bond donors (Lipinski definition) is 1. The molecule has 0 spiro atoms. The van der Waals surface area contributed by atoms with E-state index < -0.39 is 6.04 Å². The SMILES string of the molecule is N=C1SCCN1C(C(=O)c1ccccc1)c1ccccc1. The van der Waals surface area contributed by atoms with Crippen molar-refractivity contribution < 1.29 is 4.79 Å². The number of Topliss-reactive ketones (excluding diaryl/α,β-unsaturated/α-hetero) is 1. The molecule has 2 aromatic rings. The van der Waals surface area contributed by atoms with Crippen LogP contribution >= 0.6 is 11.8 Å². The first kappa shape index (κ1) is 13.9. The lowest BCUT2D eigenvalue weighted by molar-refractivity contribution is 0.0894. The molecule has 106 valence electrons. The summed E-state index contributed by atoms with van der Waals surface area (Å²) in [6, 6.07) is 18.7. The second-order valence-electron chi connectivity index (χ2n) is 4.89. The fourth-order valence-corrected chi connectivity index (χ4v) is 3.38. The van der Waals surface area contributed by atoms with Gasteiger partial charge in [0.05, 0.1) is 0 Å². The van der Waals surface area contributed by atoms with Gasteiger partial charge in [0.25, 0.3) is 0 Å². The molecule has 3 nitrogen and oxygen atoms in total. The lowest BCUT2D eigenvalue weighted by Gasteiger charge is -2.28. The van der Waals surface area contributed by atoms with Gasteiger partial charge in [0, 0.05) is 17.9 Å². The molecule has 0 radical (unpaired) electrons. The Hall–Kier alpha value is -2.07. The predicted octanol–water partition coefficient (Wildman–Crippen LogP) is 3.59. The number of ketones is 1. The minimum absolute atomic E-state index is 0.0500. The first-order chi connectivity index (χ1) is 10.3. The average Bonchev–Trinajstić information content (AvgIpc) is 2.95. The van der Waals surface area contributed by atoms with E-state index in [4.69, 9.17) is 5.41 Å². The van der Waals surface area contributed by atoms with Gasteiger partial charge in [-0.1, -0.05) is 72.4 Å². The molecule has 1 atom stereocenters. The predicted molar refractivity (Wildman–Crippen MR) is 86.8 cm³/mol. The smallest absolute Gasteiger partial charge is 0.189 e. The lowest BCUT2D eigenvalue weighted by atomic mass is 9.96. The molecule has 1 unspecified atom stereocenters. The van der Waals surface area contributed by atoms with Gasteiger partial charge in [0.15, 0.2) is 11.0 Å². The van der Waals surface area contributed by atoms with Crippen LogP contribution in [0.2, 0.25) is 0 Å². The minimum Gasteiger partial charge on any atom is -0.336 e. The molecule has 1 saturated heterocycles. The molecular formula is C17H16N2OS. The van der Waals surface area contributed by atoms with E-state index in [1.165, 1.54) is 11.8 Å². The summed E-state index contributed by atoms with van der Waals surface area (Å²) in [5, 5.41) is 8.56. The van der Waals surface area contributed by atoms with Gasteiger partial charge in [0.2, 0.25) is 0 Å². The molecule has 1 aliphatic rings. The van der Waals surface area contributed by atoms with Gasteiger partial charge in [-0.25, -0.2) is 0 Å². The van der Waals surface area contributed by atoms with Crippen molar-refractivity contribution in [2.75, 3.05) is 12.3 Å². The molecule has 0 bridgehead atoms. The molecule has 1 heterocycles. The van der Waals surface area contributed by atoms with Gasteiger partial charge in [-0.15, -0.1) is 0 Å². The third-order valence-electron chi connectivity index (χ3n) is 3.57. The summed E-state index contributed by atoms with van der Waals surface area (Å²) in [5.74, 6) is 0.915. The summed E-state index contributed by atoms with van der Waals surface area (Å²) < 4.78 is 0. The van der Waals surface area contributed by atoms with E-state index in [2.05, 4.69) is 0 Å². The van der Waals surface area contributed by atoms with E-state index in [0.29, 0.717) is 10.7 Å². The van der Waals surface area contributed by atoms with Gasteiger partial charge >= 0.3 is 0 Å². The molecule has 4 heteroatoms. The second-order valence-corrected chi connectivity index (χ2v) is 5.97. The van der Waals surface area contributed by atoms with Crippen LogP contribution in [0.15, 0.2) is 60.7 Å². The highest BCUT2D eigenvalue weighted by atomic mass is 32.2. The molecule has 1 aliphatic heterocycles. The largest absolute Gasteiger partial charge is 0.336 e. The Kier molecular flexibility index (Phi) is 4.06. The maximum Gasteiger partial charge on any atom is 0.189 e. The Morgan fingerprint density at radius 1 is 1.05 bits per heavy atom. The molecular weight excluding hydrogens is 280 g/mol. The molecule has 2 aromatic carbocycles. The van der Waals surface area contributed by atoms with Crippen LogP contribution < -0.4 is 0 Å². The lowest BCUT2D eigenvalue weighted by Crippen LogP contribution is -2.34. The standard InChI is InChI=1S/C17H16N2OS/c18-17-19(11-12-21-17)15(13-7-3-1-4-8-13)16(20)14-9-5-2-6-10-14/h1-10,15,18H,11-12H2. The molecule has 1 fully saturated rings. The van der Waals surface area contributed by atoms with Crippen LogP contribution in [0.3, 0.4) is 0 Å². The van der Waals surface area contributed by atoms with E-state index in [0.717, 1.165) is 17.9 Å². The minimum atomic E-state index is -0.406. The van der Waals surface area contributed by atoms with E-state index in [1.54, 1.807) is 0 Å². The van der Waals surface area contributed by atoms with Crippen LogP contribution in [-0.4, -0.2) is 28.1 Å². The van der Waals surface area contributed by atoms with Crippen LogP contribution in [0.1, 0.15) is 22.0 Å². The van der Waals surface area contributed by atoms with Crippen LogP contribution in [0.4, 0.5) is 0 Å². The number of rotatable bonds is 4. The zero-order valence-electron chi connectivity index (χ0n) is 11.5. The monoisotopic (exact) mass is 296 g/mol. The first-order valence-corrected chi connectivity index (χ1v) is 7.88. The fraction of sp³-hybridized carbons (Fsp3) is 0.176. The molecule has 3 rings (SSSR count). The highest BCUT2D eigenvalue weighted by Crippen LogP contribution is 2.31. The van der Waals surface area contributed by atoms with E-state index in [9.17, 15) is 4.79 Å². The van der Waals surface area contributed by atoms with Crippen LogP contribution in [0.5, 0.6) is 0 Å². The van der Waals surface area contributed by atoms with Crippen molar-refractivity contribution in [2.45, 2.75) is 6.04 Å². The Balaban J connectivity index is 2.00. The van der Waals surface area contributed by atoms with Crippen LogP contribution in [0, 0.1) is 5.41 Å². The van der Waals surface area contributed by atoms with Crippen molar-refractivity contribution in [1.29, 1.82) is 5.41 Å². The molecule has 0 aromatic heterocycles. The topological polar surface area (TPSA) is 44.2 Å². The van der Waals surface area contributed by atoms with Gasteiger partial charge in [-0.05, 0) is 5.56 Å². The number of hydrogen-bond acceptors (Lipinski definition) is 3. The zero-order chi connectivity index (χ0) is 14.7. The van der Waals surface area contributed by atoms with E-state index in [1.807, 2.05) is 65.6 Å². The first-order valence-electron chi connectivity index (χ1n) is 6.89. The second kappa shape index (κ2) is 6.14. The maximum absolute atomic E-state index is 12.9. The Morgan fingerprint density at radius 3 is 2.24 bits per heavy atom. The summed E-state index contributed by atoms with van der Waals surface area (Å²) >= 11 is 1.50. The van der Waals surface area contributed by atoms with Gasteiger partial charge < -0.3 is 4.90 Å². The summed E-state index contributed by atoms with van der Waals surface area (Å²) in [5.41, 5.74) is 1.63. The summed E-state index contributed by atoms with van der Waals surface area (Å²) in [7, 11) is 0. The van der Waals surface area contributed by atoms with Gasteiger partial charge in [0.1, 0.15) is 6.04 Å². The maximum atomic E-state index is 12.9. The summed E-state index contributed by atoms with van der Waals surface area (Å²) in [6.45, 7) is 0.738. The number of carbonyl (C=O) groups is 1. The van der Waals surface area contributed by atoms with Crippen molar-refractivity contribution in [3.8, 4) is 0 Å². The molecule has 0 saturated carbocycles. The number of amidine groups is 1. The van der Waals surface area contributed by atoms with Crippen molar-refractivity contribution in [1.82, 2.24) is 4.90 Å². The van der Waals surface area contributed by atoms with Crippen molar-refractivity contribution in [3.05, 3.63) is 71.8 Å². The number of thioether (sulfide) groups is 1. The Labute approximate surface area is 128 Å². The highest BCUT2D eigenvalue weighted by molar-refractivity contribution is 8.14. The molecule has 1 N–H and O–H groups in total. The van der Waals surface area contributed by atoms with Crippen LogP contribution in [-0.2, 0) is 0 Å². The summed E-state index contributed by atoms with van der Waals surface area (Å²) in [4.78, 5) is 14.8. The van der Waals surface area contributed by atoms with Gasteiger partial charge in [-0.2, -0.15) is 0 Å². The van der Waals surface area contributed by atoms with E-state index in [-0.39, 0.29) is 5.78 Å². The van der Waals surface area contributed by atoms with E-state index >= 15 is 0 Å². The zero-order valence-corrected chi connectivity index (χ0v) is 12.3. The van der Waals surface area contributed by atoms with Crippen molar-refractivity contribution >= 4 is 22.7 Å².